The summed E-state index contributed by atoms with van der Waals surface area (Å²) in [5, 5.41) is 5.44. The maximum atomic E-state index is 11.6. The first-order chi connectivity index (χ1) is 12.3. The van der Waals surface area contributed by atoms with E-state index in [0.717, 1.165) is 5.56 Å². The van der Waals surface area contributed by atoms with Crippen LogP contribution in [0.5, 0.6) is 0 Å². The lowest BCUT2D eigenvalue weighted by Crippen LogP contribution is -2.35. The number of carbonyl (C=O) groups excluding carboxylic acids is 3. The zero-order valence-electron chi connectivity index (χ0n) is 15.7. The smallest absolute Gasteiger partial charge is 0.325 e. The second kappa shape index (κ2) is 11.3. The lowest BCUT2D eigenvalue weighted by atomic mass is 10.2. The van der Waals surface area contributed by atoms with Crippen LogP contribution in [0.3, 0.4) is 0 Å². The molecule has 0 atom stereocenters. The van der Waals surface area contributed by atoms with Crippen LogP contribution >= 0.6 is 0 Å². The normalized spacial score (nSPS) is 10.9. The van der Waals surface area contributed by atoms with Gasteiger partial charge in [-0.15, -0.1) is 0 Å². The van der Waals surface area contributed by atoms with E-state index >= 15 is 0 Å². The van der Waals surface area contributed by atoms with Gasteiger partial charge in [-0.2, -0.15) is 0 Å². The molecule has 144 valence electrons. The van der Waals surface area contributed by atoms with Gasteiger partial charge in [-0.05, 0) is 39.3 Å². The SMILES string of the molecule is CC(C)(C)OC(=O)CNC(=O)CCCNCC(=O)OCc1ccccc1. The number of amides is 1. The highest BCUT2D eigenvalue weighted by atomic mass is 16.6. The molecule has 0 saturated carbocycles. The zero-order chi connectivity index (χ0) is 19.4. The van der Waals surface area contributed by atoms with Crippen molar-refractivity contribution >= 4 is 17.8 Å². The molecule has 0 aliphatic carbocycles. The Labute approximate surface area is 154 Å². The molecule has 0 aromatic heterocycles. The van der Waals surface area contributed by atoms with Crippen molar-refractivity contribution < 1.29 is 23.9 Å². The minimum atomic E-state index is -0.569. The van der Waals surface area contributed by atoms with Crippen molar-refractivity contribution in [1.82, 2.24) is 10.6 Å². The average Bonchev–Trinajstić information content (AvgIpc) is 2.57. The highest BCUT2D eigenvalue weighted by molar-refractivity contribution is 5.82. The zero-order valence-corrected chi connectivity index (χ0v) is 15.7. The van der Waals surface area contributed by atoms with Crippen LogP contribution in [0.25, 0.3) is 0 Å². The average molecular weight is 364 g/mol. The number of hydrogen-bond acceptors (Lipinski definition) is 6. The Hall–Kier alpha value is -2.41. The van der Waals surface area contributed by atoms with Crippen molar-refractivity contribution in [1.29, 1.82) is 0 Å². The largest absolute Gasteiger partial charge is 0.460 e. The minimum Gasteiger partial charge on any atom is -0.460 e. The molecule has 0 fully saturated rings. The summed E-state index contributed by atoms with van der Waals surface area (Å²) in [5.74, 6) is -1.04. The van der Waals surface area contributed by atoms with Crippen LogP contribution in [0.4, 0.5) is 0 Å². The molecule has 1 aromatic rings. The summed E-state index contributed by atoms with van der Waals surface area (Å²) in [7, 11) is 0. The third kappa shape index (κ3) is 11.2. The van der Waals surface area contributed by atoms with Crippen LogP contribution in [-0.4, -0.2) is 43.1 Å². The number of hydrogen-bond donors (Lipinski definition) is 2. The van der Waals surface area contributed by atoms with E-state index in [4.69, 9.17) is 9.47 Å². The fourth-order valence-corrected chi connectivity index (χ4v) is 1.99. The molecular formula is C19H28N2O5. The summed E-state index contributed by atoms with van der Waals surface area (Å²) in [6.07, 6.45) is 0.807. The van der Waals surface area contributed by atoms with E-state index in [1.165, 1.54) is 0 Å². The van der Waals surface area contributed by atoms with E-state index in [9.17, 15) is 14.4 Å². The molecule has 1 amide bonds. The third-order valence-electron chi connectivity index (χ3n) is 3.12. The van der Waals surface area contributed by atoms with Gasteiger partial charge in [0, 0.05) is 6.42 Å². The number of carbonyl (C=O) groups is 3. The van der Waals surface area contributed by atoms with Gasteiger partial charge >= 0.3 is 11.9 Å². The lowest BCUT2D eigenvalue weighted by Gasteiger charge is -2.19. The van der Waals surface area contributed by atoms with E-state index in [0.29, 0.717) is 13.0 Å². The van der Waals surface area contributed by atoms with Crippen LogP contribution in [0, 0.1) is 0 Å². The number of esters is 2. The molecule has 7 nitrogen and oxygen atoms in total. The van der Waals surface area contributed by atoms with Gasteiger partial charge in [0.05, 0.1) is 6.54 Å². The summed E-state index contributed by atoms with van der Waals surface area (Å²) in [5.41, 5.74) is 0.364. The first-order valence-electron chi connectivity index (χ1n) is 8.65. The third-order valence-corrected chi connectivity index (χ3v) is 3.12. The van der Waals surface area contributed by atoms with E-state index < -0.39 is 11.6 Å². The molecule has 0 aliphatic rings. The minimum absolute atomic E-state index is 0.0896. The lowest BCUT2D eigenvalue weighted by molar-refractivity contribution is -0.154. The summed E-state index contributed by atoms with van der Waals surface area (Å²) >= 11 is 0. The van der Waals surface area contributed by atoms with Gasteiger partial charge in [-0.3, -0.25) is 14.4 Å². The topological polar surface area (TPSA) is 93.7 Å². The van der Waals surface area contributed by atoms with Crippen LogP contribution in [0.15, 0.2) is 30.3 Å². The van der Waals surface area contributed by atoms with Gasteiger partial charge < -0.3 is 20.1 Å². The Morgan fingerprint density at radius 3 is 2.35 bits per heavy atom. The van der Waals surface area contributed by atoms with Gasteiger partial charge in [0.25, 0.3) is 0 Å². The molecule has 7 heteroatoms. The molecular weight excluding hydrogens is 336 g/mol. The Morgan fingerprint density at radius 1 is 1.00 bits per heavy atom. The Morgan fingerprint density at radius 2 is 1.69 bits per heavy atom. The van der Waals surface area contributed by atoms with Crippen LogP contribution in [-0.2, 0) is 30.5 Å². The molecule has 0 aliphatic heterocycles. The van der Waals surface area contributed by atoms with Crippen LogP contribution < -0.4 is 10.6 Å². The molecule has 0 spiro atoms. The number of nitrogens with one attached hydrogen (secondary N) is 2. The van der Waals surface area contributed by atoms with E-state index in [2.05, 4.69) is 10.6 Å². The number of rotatable bonds is 10. The summed E-state index contributed by atoms with van der Waals surface area (Å²) < 4.78 is 10.2. The quantitative estimate of drug-likeness (QED) is 0.483. The van der Waals surface area contributed by atoms with Gasteiger partial charge in [-0.25, -0.2) is 0 Å². The molecule has 1 aromatic carbocycles. The first-order valence-corrected chi connectivity index (χ1v) is 8.65. The van der Waals surface area contributed by atoms with E-state index in [-0.39, 0.29) is 38.0 Å². The van der Waals surface area contributed by atoms with Crippen molar-refractivity contribution in [3.63, 3.8) is 0 Å². The van der Waals surface area contributed by atoms with E-state index in [1.807, 2.05) is 30.3 Å². The fraction of sp³-hybridized carbons (Fsp3) is 0.526. The van der Waals surface area contributed by atoms with Crippen molar-refractivity contribution in [2.75, 3.05) is 19.6 Å². The second-order valence-electron chi connectivity index (χ2n) is 6.79. The summed E-state index contributed by atoms with van der Waals surface area (Å²) in [6.45, 7) is 5.99. The molecule has 0 bridgehead atoms. The first kappa shape index (κ1) is 21.6. The molecule has 0 radical (unpaired) electrons. The van der Waals surface area contributed by atoms with Crippen LogP contribution in [0.2, 0.25) is 0 Å². The Balaban J connectivity index is 2.03. The molecule has 1 rings (SSSR count). The predicted molar refractivity (Wildman–Crippen MR) is 97.2 cm³/mol. The van der Waals surface area contributed by atoms with E-state index in [1.54, 1.807) is 20.8 Å². The highest BCUT2D eigenvalue weighted by Gasteiger charge is 2.16. The summed E-state index contributed by atoms with van der Waals surface area (Å²) in [4.78, 5) is 34.7. The molecule has 0 heterocycles. The standard InChI is InChI=1S/C19H28N2O5/c1-19(2,3)26-18(24)13-21-16(22)10-7-11-20-12-17(23)25-14-15-8-5-4-6-9-15/h4-6,8-9,20H,7,10-14H2,1-3H3,(H,21,22). The number of ether oxygens (including phenoxy) is 2. The monoisotopic (exact) mass is 364 g/mol. The molecule has 0 unspecified atom stereocenters. The van der Waals surface area contributed by atoms with Gasteiger partial charge in [-0.1, -0.05) is 30.3 Å². The highest BCUT2D eigenvalue weighted by Crippen LogP contribution is 2.06. The van der Waals surface area contributed by atoms with Crippen molar-refractivity contribution in [2.24, 2.45) is 0 Å². The Kier molecular flexibility index (Phi) is 9.36. The molecule has 2 N–H and O–H groups in total. The Bertz CT molecular complexity index is 581. The van der Waals surface area contributed by atoms with Crippen molar-refractivity contribution in [3.8, 4) is 0 Å². The van der Waals surface area contributed by atoms with Gasteiger partial charge in [0.15, 0.2) is 0 Å². The van der Waals surface area contributed by atoms with Crippen molar-refractivity contribution in [3.05, 3.63) is 35.9 Å². The fourth-order valence-electron chi connectivity index (χ4n) is 1.99. The molecule has 0 saturated heterocycles. The van der Waals surface area contributed by atoms with Crippen LogP contribution in [0.1, 0.15) is 39.2 Å². The number of benzene rings is 1. The second-order valence-corrected chi connectivity index (χ2v) is 6.79. The van der Waals surface area contributed by atoms with Crippen molar-refractivity contribution in [2.45, 2.75) is 45.8 Å². The predicted octanol–water partition coefficient (Wildman–Crippen LogP) is 1.56. The van der Waals surface area contributed by atoms with Gasteiger partial charge in [0.2, 0.25) is 5.91 Å². The summed E-state index contributed by atoms with van der Waals surface area (Å²) in [6, 6.07) is 9.44. The molecule has 26 heavy (non-hydrogen) atoms. The maximum Gasteiger partial charge on any atom is 0.325 e. The maximum absolute atomic E-state index is 11.6. The van der Waals surface area contributed by atoms with Gasteiger partial charge in [0.1, 0.15) is 18.8 Å².